The third kappa shape index (κ3) is 4.10. The number of carbonyl (C=O) groups is 1. The van der Waals surface area contributed by atoms with Crippen LogP contribution >= 0.6 is 0 Å². The van der Waals surface area contributed by atoms with Crippen LogP contribution in [0.15, 0.2) is 49.1 Å². The lowest BCUT2D eigenvalue weighted by molar-refractivity contribution is -0.137. The minimum atomic E-state index is -0.317. The van der Waals surface area contributed by atoms with Crippen LogP contribution in [0, 0.1) is 0 Å². The molecule has 0 saturated heterocycles. The lowest BCUT2D eigenvalue weighted by Crippen LogP contribution is -1.99. The van der Waals surface area contributed by atoms with E-state index in [4.69, 9.17) is 4.74 Å². The summed E-state index contributed by atoms with van der Waals surface area (Å²) in [6, 6.07) is 8.00. The van der Waals surface area contributed by atoms with Gasteiger partial charge in [-0.15, -0.1) is 0 Å². The summed E-state index contributed by atoms with van der Waals surface area (Å²) < 4.78 is 6.84. The first-order valence-corrected chi connectivity index (χ1v) is 6.17. The van der Waals surface area contributed by atoms with Crippen molar-refractivity contribution >= 4 is 12.0 Å². The van der Waals surface area contributed by atoms with Crippen LogP contribution in [0.4, 0.5) is 0 Å². The number of nitrogens with zero attached hydrogens (tertiary/aromatic N) is 2. The van der Waals surface area contributed by atoms with Gasteiger partial charge in [-0.1, -0.05) is 18.2 Å². The first-order chi connectivity index (χ1) is 9.28. The predicted molar refractivity (Wildman–Crippen MR) is 73.4 cm³/mol. The van der Waals surface area contributed by atoms with Crippen LogP contribution in [0.1, 0.15) is 18.1 Å². The van der Waals surface area contributed by atoms with Gasteiger partial charge < -0.3 is 9.30 Å². The molecule has 0 aliphatic carbocycles. The largest absolute Gasteiger partial charge is 0.463 e. The maximum absolute atomic E-state index is 11.2. The second-order valence-electron chi connectivity index (χ2n) is 4.07. The van der Waals surface area contributed by atoms with Crippen molar-refractivity contribution in [2.75, 3.05) is 6.61 Å². The number of esters is 1. The van der Waals surface area contributed by atoms with Gasteiger partial charge in [0.05, 0.1) is 12.9 Å². The zero-order valence-corrected chi connectivity index (χ0v) is 10.8. The molecule has 1 aromatic carbocycles. The third-order valence-corrected chi connectivity index (χ3v) is 2.57. The van der Waals surface area contributed by atoms with E-state index in [0.29, 0.717) is 6.61 Å². The van der Waals surface area contributed by atoms with E-state index in [0.717, 1.165) is 17.7 Å². The predicted octanol–water partition coefficient (Wildman–Crippen LogP) is 2.51. The van der Waals surface area contributed by atoms with Crippen LogP contribution in [-0.2, 0) is 16.1 Å². The number of hydrogen-bond donors (Lipinski definition) is 0. The first kappa shape index (κ1) is 13.1. The van der Waals surface area contributed by atoms with Crippen LogP contribution in [0.3, 0.4) is 0 Å². The van der Waals surface area contributed by atoms with Gasteiger partial charge >= 0.3 is 5.97 Å². The maximum Gasteiger partial charge on any atom is 0.330 e. The molecule has 4 heteroatoms. The molecule has 1 aromatic heterocycles. The van der Waals surface area contributed by atoms with Gasteiger partial charge in [-0.05, 0) is 30.2 Å². The molecule has 0 saturated carbocycles. The molecular formula is C15H16N2O2. The number of imidazole rings is 1. The summed E-state index contributed by atoms with van der Waals surface area (Å²) in [7, 11) is 0. The minimum absolute atomic E-state index is 0.317. The normalized spacial score (nSPS) is 10.8. The van der Waals surface area contributed by atoms with Crippen molar-refractivity contribution in [3.63, 3.8) is 0 Å². The fourth-order valence-corrected chi connectivity index (χ4v) is 1.74. The smallest absolute Gasteiger partial charge is 0.330 e. The van der Waals surface area contributed by atoms with Gasteiger partial charge in [-0.25, -0.2) is 9.78 Å². The Morgan fingerprint density at radius 3 is 3.11 bits per heavy atom. The van der Waals surface area contributed by atoms with Crippen molar-refractivity contribution in [3.8, 4) is 0 Å². The van der Waals surface area contributed by atoms with Crippen LogP contribution in [0.25, 0.3) is 6.08 Å². The van der Waals surface area contributed by atoms with E-state index in [1.165, 1.54) is 6.08 Å². The zero-order valence-electron chi connectivity index (χ0n) is 10.8. The summed E-state index contributed by atoms with van der Waals surface area (Å²) in [5.41, 5.74) is 2.13. The molecule has 0 bridgehead atoms. The van der Waals surface area contributed by atoms with Crippen molar-refractivity contribution in [2.24, 2.45) is 0 Å². The van der Waals surface area contributed by atoms with Gasteiger partial charge in [0, 0.05) is 25.0 Å². The average molecular weight is 256 g/mol. The van der Waals surface area contributed by atoms with Crippen LogP contribution in [0.2, 0.25) is 0 Å². The van der Waals surface area contributed by atoms with E-state index in [9.17, 15) is 4.79 Å². The number of carbonyl (C=O) groups excluding carboxylic acids is 1. The SMILES string of the molecule is CCOC(=O)C=Cc1cccc(Cn2ccnc2)c1. The molecule has 0 amide bonds. The van der Waals surface area contributed by atoms with Gasteiger partial charge in [-0.2, -0.15) is 0 Å². The summed E-state index contributed by atoms with van der Waals surface area (Å²) >= 11 is 0. The van der Waals surface area contributed by atoms with Crippen molar-refractivity contribution < 1.29 is 9.53 Å². The van der Waals surface area contributed by atoms with Gasteiger partial charge in [0.25, 0.3) is 0 Å². The molecule has 0 aliphatic heterocycles. The average Bonchev–Trinajstić information content (AvgIpc) is 2.90. The second kappa shape index (κ2) is 6.54. The highest BCUT2D eigenvalue weighted by atomic mass is 16.5. The number of ether oxygens (including phenoxy) is 1. The lowest BCUT2D eigenvalue weighted by atomic mass is 10.1. The molecular weight excluding hydrogens is 240 g/mol. The fraction of sp³-hybridized carbons (Fsp3) is 0.200. The quantitative estimate of drug-likeness (QED) is 0.610. The van der Waals surface area contributed by atoms with E-state index >= 15 is 0 Å². The van der Waals surface area contributed by atoms with Gasteiger partial charge in [0.2, 0.25) is 0 Å². The van der Waals surface area contributed by atoms with E-state index < -0.39 is 0 Å². The minimum Gasteiger partial charge on any atom is -0.463 e. The van der Waals surface area contributed by atoms with E-state index in [2.05, 4.69) is 4.98 Å². The van der Waals surface area contributed by atoms with Gasteiger partial charge in [0.15, 0.2) is 0 Å². The standard InChI is InChI=1S/C15H16N2O2/c1-2-19-15(18)7-6-13-4-3-5-14(10-13)11-17-9-8-16-12-17/h3-10,12H,2,11H2,1H3. The molecule has 1 heterocycles. The maximum atomic E-state index is 11.2. The summed E-state index contributed by atoms with van der Waals surface area (Å²) in [5, 5.41) is 0. The molecule has 0 radical (unpaired) electrons. The van der Waals surface area contributed by atoms with E-state index in [1.54, 1.807) is 25.5 Å². The summed E-state index contributed by atoms with van der Waals surface area (Å²) in [6.07, 6.45) is 8.65. The summed E-state index contributed by atoms with van der Waals surface area (Å²) in [4.78, 5) is 15.2. The Hall–Kier alpha value is -2.36. The van der Waals surface area contributed by atoms with Gasteiger partial charge in [0.1, 0.15) is 0 Å². The van der Waals surface area contributed by atoms with Crippen LogP contribution in [0.5, 0.6) is 0 Å². The zero-order chi connectivity index (χ0) is 13.5. The van der Waals surface area contributed by atoms with Gasteiger partial charge in [-0.3, -0.25) is 0 Å². The molecule has 0 atom stereocenters. The Labute approximate surface area is 112 Å². The van der Waals surface area contributed by atoms with Crippen molar-refractivity contribution in [3.05, 3.63) is 60.2 Å². The number of benzene rings is 1. The second-order valence-corrected chi connectivity index (χ2v) is 4.07. The highest BCUT2D eigenvalue weighted by Crippen LogP contribution is 2.09. The number of rotatable bonds is 5. The highest BCUT2D eigenvalue weighted by molar-refractivity contribution is 5.87. The lowest BCUT2D eigenvalue weighted by Gasteiger charge is -2.03. The molecule has 2 aromatic rings. The Morgan fingerprint density at radius 1 is 1.47 bits per heavy atom. The van der Waals surface area contributed by atoms with Crippen LogP contribution < -0.4 is 0 Å². The molecule has 98 valence electrons. The highest BCUT2D eigenvalue weighted by Gasteiger charge is 1.97. The Bertz CT molecular complexity index is 559. The molecule has 0 fully saturated rings. The first-order valence-electron chi connectivity index (χ1n) is 6.17. The summed E-state index contributed by atoms with van der Waals surface area (Å²) in [6.45, 7) is 2.95. The topological polar surface area (TPSA) is 44.1 Å². The summed E-state index contributed by atoms with van der Waals surface area (Å²) in [5.74, 6) is -0.317. The van der Waals surface area contributed by atoms with Crippen LogP contribution in [-0.4, -0.2) is 22.1 Å². The Kier molecular flexibility index (Phi) is 4.50. The molecule has 0 aliphatic rings. The monoisotopic (exact) mass is 256 g/mol. The molecule has 2 rings (SSSR count). The van der Waals surface area contributed by atoms with Crippen molar-refractivity contribution in [2.45, 2.75) is 13.5 Å². The molecule has 4 nitrogen and oxygen atoms in total. The van der Waals surface area contributed by atoms with E-state index in [1.807, 2.05) is 35.0 Å². The Morgan fingerprint density at radius 2 is 2.37 bits per heavy atom. The third-order valence-electron chi connectivity index (χ3n) is 2.57. The number of hydrogen-bond acceptors (Lipinski definition) is 3. The molecule has 0 unspecified atom stereocenters. The molecule has 0 N–H and O–H groups in total. The van der Waals surface area contributed by atoms with E-state index in [-0.39, 0.29) is 5.97 Å². The number of aromatic nitrogens is 2. The molecule has 0 spiro atoms. The fourth-order valence-electron chi connectivity index (χ4n) is 1.74. The molecule has 19 heavy (non-hydrogen) atoms. The Balaban J connectivity index is 2.04. The van der Waals surface area contributed by atoms with Crippen molar-refractivity contribution in [1.82, 2.24) is 9.55 Å². The van der Waals surface area contributed by atoms with Crippen molar-refractivity contribution in [1.29, 1.82) is 0 Å².